The topological polar surface area (TPSA) is 29.1 Å². The number of nitrogens with one attached hydrogen (secondary N) is 1. The van der Waals surface area contributed by atoms with Gasteiger partial charge in [-0.05, 0) is 17.5 Å². The Balaban J connectivity index is 2.88. The molecule has 1 N–H and O–H groups in total. The summed E-state index contributed by atoms with van der Waals surface area (Å²) in [6.45, 7) is 1.73. The van der Waals surface area contributed by atoms with Gasteiger partial charge in [-0.1, -0.05) is 25.1 Å². The molecule has 0 aliphatic carbocycles. The van der Waals surface area contributed by atoms with E-state index >= 15 is 0 Å². The first-order chi connectivity index (χ1) is 7.84. The van der Waals surface area contributed by atoms with Gasteiger partial charge in [-0.25, -0.2) is 0 Å². The Morgan fingerprint density at radius 1 is 1.41 bits per heavy atom. The van der Waals surface area contributed by atoms with Crippen LogP contribution in [0.15, 0.2) is 24.3 Å². The number of carbonyl (C=O) groups excluding carboxylic acids is 1. The molecular weight excluding hydrogens is 231 g/mol. The Morgan fingerprint density at radius 3 is 2.59 bits per heavy atom. The number of halogens is 3. The van der Waals surface area contributed by atoms with Crippen molar-refractivity contribution in [2.75, 3.05) is 7.05 Å². The summed E-state index contributed by atoms with van der Waals surface area (Å²) >= 11 is 0. The molecule has 94 valence electrons. The molecular formula is C12H14F3NO. The molecule has 1 unspecified atom stereocenters. The molecule has 0 aliphatic rings. The number of alkyl halides is 3. The standard InChI is InChI=1S/C12H14F3NO/c1-8(6-11(17)16-2)9-4-3-5-10(7-9)12(13,14)15/h3-5,7-8H,6H2,1-2H3,(H,16,17). The number of amides is 1. The van der Waals surface area contributed by atoms with Crippen molar-refractivity contribution in [2.45, 2.75) is 25.4 Å². The maximum atomic E-state index is 12.5. The van der Waals surface area contributed by atoms with Gasteiger partial charge in [0.2, 0.25) is 5.91 Å². The second-order valence-electron chi connectivity index (χ2n) is 3.90. The highest BCUT2D eigenvalue weighted by Crippen LogP contribution is 2.31. The third-order valence-electron chi connectivity index (χ3n) is 2.55. The third kappa shape index (κ3) is 3.76. The van der Waals surface area contributed by atoms with Crippen molar-refractivity contribution in [1.82, 2.24) is 5.32 Å². The van der Waals surface area contributed by atoms with Gasteiger partial charge in [-0.3, -0.25) is 4.79 Å². The van der Waals surface area contributed by atoms with Gasteiger partial charge in [0.05, 0.1) is 5.56 Å². The minimum absolute atomic E-state index is 0.178. The van der Waals surface area contributed by atoms with Crippen molar-refractivity contribution >= 4 is 5.91 Å². The maximum absolute atomic E-state index is 12.5. The smallest absolute Gasteiger partial charge is 0.359 e. The van der Waals surface area contributed by atoms with E-state index in [1.54, 1.807) is 13.0 Å². The Hall–Kier alpha value is -1.52. The van der Waals surface area contributed by atoms with Gasteiger partial charge < -0.3 is 5.32 Å². The van der Waals surface area contributed by atoms with Crippen LogP contribution in [0, 0.1) is 0 Å². The lowest BCUT2D eigenvalue weighted by Gasteiger charge is -2.13. The summed E-state index contributed by atoms with van der Waals surface area (Å²) in [6.07, 6.45) is -4.17. The minimum atomic E-state index is -4.34. The van der Waals surface area contributed by atoms with Crippen molar-refractivity contribution in [1.29, 1.82) is 0 Å². The maximum Gasteiger partial charge on any atom is 0.416 e. The molecule has 5 heteroatoms. The number of hydrogen-bond acceptors (Lipinski definition) is 1. The molecule has 0 fully saturated rings. The molecule has 0 bridgehead atoms. The summed E-state index contributed by atoms with van der Waals surface area (Å²) in [5.74, 6) is -0.424. The lowest BCUT2D eigenvalue weighted by molar-refractivity contribution is -0.137. The molecule has 1 atom stereocenters. The van der Waals surface area contributed by atoms with E-state index in [4.69, 9.17) is 0 Å². The molecule has 0 saturated heterocycles. The van der Waals surface area contributed by atoms with Crippen LogP contribution in [0.2, 0.25) is 0 Å². The number of hydrogen-bond donors (Lipinski definition) is 1. The SMILES string of the molecule is CNC(=O)CC(C)c1cccc(C(F)(F)F)c1. The van der Waals surface area contributed by atoms with Crippen molar-refractivity contribution in [3.63, 3.8) is 0 Å². The van der Waals surface area contributed by atoms with E-state index in [-0.39, 0.29) is 18.2 Å². The molecule has 0 heterocycles. The summed E-state index contributed by atoms with van der Waals surface area (Å²) in [4.78, 5) is 11.1. The summed E-state index contributed by atoms with van der Waals surface area (Å²) in [5, 5.41) is 2.45. The van der Waals surface area contributed by atoms with Crippen LogP contribution in [0.4, 0.5) is 13.2 Å². The van der Waals surface area contributed by atoms with Crippen LogP contribution < -0.4 is 5.32 Å². The lowest BCUT2D eigenvalue weighted by Crippen LogP contribution is -2.19. The molecule has 1 aromatic carbocycles. The predicted octanol–water partition coefficient (Wildman–Crippen LogP) is 2.95. The fourth-order valence-electron chi connectivity index (χ4n) is 1.52. The molecule has 0 radical (unpaired) electrons. The normalized spacial score (nSPS) is 13.2. The van der Waals surface area contributed by atoms with Gasteiger partial charge in [0.25, 0.3) is 0 Å². The highest BCUT2D eigenvalue weighted by atomic mass is 19.4. The number of benzene rings is 1. The molecule has 1 aromatic rings. The summed E-state index contributed by atoms with van der Waals surface area (Å²) in [7, 11) is 1.50. The molecule has 1 rings (SSSR count). The molecule has 17 heavy (non-hydrogen) atoms. The first-order valence-corrected chi connectivity index (χ1v) is 5.22. The quantitative estimate of drug-likeness (QED) is 0.871. The van der Waals surface area contributed by atoms with Gasteiger partial charge in [0, 0.05) is 13.5 Å². The number of rotatable bonds is 3. The Labute approximate surface area is 97.8 Å². The average Bonchev–Trinajstić information content (AvgIpc) is 2.28. The summed E-state index contributed by atoms with van der Waals surface area (Å²) in [5.41, 5.74) is -0.165. The zero-order valence-corrected chi connectivity index (χ0v) is 9.64. The van der Waals surface area contributed by atoms with Crippen LogP contribution in [0.3, 0.4) is 0 Å². The van der Waals surface area contributed by atoms with Gasteiger partial charge in [-0.15, -0.1) is 0 Å². The molecule has 2 nitrogen and oxygen atoms in total. The van der Waals surface area contributed by atoms with Crippen LogP contribution in [-0.4, -0.2) is 13.0 Å². The van der Waals surface area contributed by atoms with Crippen LogP contribution in [0.5, 0.6) is 0 Å². The zero-order valence-electron chi connectivity index (χ0n) is 9.64. The Morgan fingerprint density at radius 2 is 2.06 bits per heavy atom. The van der Waals surface area contributed by atoms with Crippen LogP contribution in [0.25, 0.3) is 0 Å². The lowest BCUT2D eigenvalue weighted by atomic mass is 9.95. The fraction of sp³-hybridized carbons (Fsp3) is 0.417. The van der Waals surface area contributed by atoms with Gasteiger partial charge in [0.15, 0.2) is 0 Å². The number of carbonyl (C=O) groups is 1. The van der Waals surface area contributed by atoms with E-state index in [0.29, 0.717) is 5.56 Å². The van der Waals surface area contributed by atoms with Crippen LogP contribution >= 0.6 is 0 Å². The van der Waals surface area contributed by atoms with Gasteiger partial charge in [0.1, 0.15) is 0 Å². The van der Waals surface area contributed by atoms with E-state index < -0.39 is 11.7 Å². The first kappa shape index (κ1) is 13.5. The monoisotopic (exact) mass is 245 g/mol. The molecule has 0 spiro atoms. The van der Waals surface area contributed by atoms with Gasteiger partial charge in [-0.2, -0.15) is 13.2 Å². The van der Waals surface area contributed by atoms with E-state index in [1.165, 1.54) is 13.1 Å². The van der Waals surface area contributed by atoms with Crippen molar-refractivity contribution in [3.8, 4) is 0 Å². The second kappa shape index (κ2) is 5.21. The summed E-state index contributed by atoms with van der Waals surface area (Å²) in [6, 6.07) is 5.07. The van der Waals surface area contributed by atoms with Crippen LogP contribution in [0.1, 0.15) is 30.4 Å². The van der Waals surface area contributed by atoms with Crippen LogP contribution in [-0.2, 0) is 11.0 Å². The predicted molar refractivity (Wildman–Crippen MR) is 58.5 cm³/mol. The van der Waals surface area contributed by atoms with Gasteiger partial charge >= 0.3 is 6.18 Å². The van der Waals surface area contributed by atoms with E-state index in [0.717, 1.165) is 12.1 Å². The highest BCUT2D eigenvalue weighted by molar-refractivity contribution is 5.76. The second-order valence-corrected chi connectivity index (χ2v) is 3.90. The molecule has 0 aromatic heterocycles. The fourth-order valence-corrected chi connectivity index (χ4v) is 1.52. The van der Waals surface area contributed by atoms with Crippen molar-refractivity contribution in [3.05, 3.63) is 35.4 Å². The Bertz CT molecular complexity index is 401. The zero-order chi connectivity index (χ0) is 13.1. The van der Waals surface area contributed by atoms with E-state index in [9.17, 15) is 18.0 Å². The van der Waals surface area contributed by atoms with Crippen molar-refractivity contribution < 1.29 is 18.0 Å². The van der Waals surface area contributed by atoms with Crippen molar-refractivity contribution in [2.24, 2.45) is 0 Å². The average molecular weight is 245 g/mol. The largest absolute Gasteiger partial charge is 0.416 e. The Kier molecular flexibility index (Phi) is 4.15. The summed E-state index contributed by atoms with van der Waals surface area (Å²) < 4.78 is 37.4. The minimum Gasteiger partial charge on any atom is -0.359 e. The molecule has 0 aliphatic heterocycles. The molecule has 1 amide bonds. The highest BCUT2D eigenvalue weighted by Gasteiger charge is 2.30. The first-order valence-electron chi connectivity index (χ1n) is 5.22. The third-order valence-corrected chi connectivity index (χ3v) is 2.55. The van der Waals surface area contributed by atoms with E-state index in [1.807, 2.05) is 0 Å². The molecule has 0 saturated carbocycles. The van der Waals surface area contributed by atoms with E-state index in [2.05, 4.69) is 5.32 Å².